The number of anilines is 1. The van der Waals surface area contributed by atoms with Crippen LogP contribution in [0.1, 0.15) is 23.8 Å². The lowest BCUT2D eigenvalue weighted by Crippen LogP contribution is -2.17. The van der Waals surface area contributed by atoms with E-state index in [0.29, 0.717) is 11.8 Å². The third-order valence-electron chi connectivity index (χ3n) is 2.56. The van der Waals surface area contributed by atoms with Crippen molar-refractivity contribution < 1.29 is 4.52 Å². The van der Waals surface area contributed by atoms with Crippen molar-refractivity contribution in [2.24, 2.45) is 0 Å². The van der Waals surface area contributed by atoms with Crippen LogP contribution < -0.4 is 4.90 Å². The van der Waals surface area contributed by atoms with Gasteiger partial charge in [0.15, 0.2) is 0 Å². The summed E-state index contributed by atoms with van der Waals surface area (Å²) in [5, 5.41) is 3.49. The molecule has 1 unspecified atom stereocenters. The number of alkyl halides is 1. The quantitative estimate of drug-likeness (QED) is 0.784. The van der Waals surface area contributed by atoms with Gasteiger partial charge in [-0.15, -0.1) is 11.6 Å². The highest BCUT2D eigenvalue weighted by Crippen LogP contribution is 2.27. The predicted molar refractivity (Wildman–Crippen MR) is 67.4 cm³/mol. The lowest BCUT2D eigenvalue weighted by molar-refractivity contribution is 0.381. The second-order valence-electron chi connectivity index (χ2n) is 3.72. The van der Waals surface area contributed by atoms with Crippen LogP contribution in [0.5, 0.6) is 0 Å². The van der Waals surface area contributed by atoms with E-state index in [9.17, 15) is 0 Å². The van der Waals surface area contributed by atoms with E-state index in [1.54, 1.807) is 0 Å². The van der Waals surface area contributed by atoms with Crippen LogP contribution in [0.2, 0.25) is 0 Å². The van der Waals surface area contributed by atoms with E-state index < -0.39 is 5.38 Å². The van der Waals surface area contributed by atoms with Crippen LogP contribution in [0, 0.1) is 0 Å². The third-order valence-corrected chi connectivity index (χ3v) is 2.99. The van der Waals surface area contributed by atoms with Crippen molar-refractivity contribution in [1.29, 1.82) is 0 Å². The van der Waals surface area contributed by atoms with Gasteiger partial charge in [-0.3, -0.25) is 0 Å². The normalized spacial score (nSPS) is 12.4. The van der Waals surface area contributed by atoms with E-state index >= 15 is 0 Å². The molecular formula is C12H14ClN3O. The number of rotatable bonds is 4. The van der Waals surface area contributed by atoms with E-state index in [0.717, 1.165) is 12.1 Å². The number of hydrogen-bond donors (Lipinski definition) is 0. The highest BCUT2D eigenvalue weighted by Gasteiger charge is 2.19. The fraction of sp³-hybridized carbons (Fsp3) is 0.333. The average Bonchev–Trinajstić information content (AvgIpc) is 2.87. The summed E-state index contributed by atoms with van der Waals surface area (Å²) in [5.41, 5.74) is 0.948. The Hall–Kier alpha value is -1.55. The van der Waals surface area contributed by atoms with Gasteiger partial charge in [-0.2, -0.15) is 4.98 Å². The van der Waals surface area contributed by atoms with Gasteiger partial charge in [-0.25, -0.2) is 0 Å². The van der Waals surface area contributed by atoms with Crippen molar-refractivity contribution in [2.45, 2.75) is 12.3 Å². The first-order chi connectivity index (χ1) is 8.22. The minimum atomic E-state index is -0.400. The molecule has 0 aliphatic carbocycles. The van der Waals surface area contributed by atoms with E-state index in [1.165, 1.54) is 0 Å². The monoisotopic (exact) mass is 251 g/mol. The fourth-order valence-corrected chi connectivity index (χ4v) is 1.63. The first kappa shape index (κ1) is 11.9. The van der Waals surface area contributed by atoms with Crippen molar-refractivity contribution in [3.8, 4) is 0 Å². The lowest BCUT2D eigenvalue weighted by Gasteiger charge is -2.09. The zero-order chi connectivity index (χ0) is 12.3. The molecule has 2 rings (SSSR count). The molecule has 17 heavy (non-hydrogen) atoms. The van der Waals surface area contributed by atoms with Gasteiger partial charge >= 0.3 is 0 Å². The molecule has 0 spiro atoms. The Bertz CT molecular complexity index is 472. The summed E-state index contributed by atoms with van der Waals surface area (Å²) in [4.78, 5) is 6.16. The Labute approximate surface area is 105 Å². The van der Waals surface area contributed by atoms with Crippen molar-refractivity contribution in [1.82, 2.24) is 10.1 Å². The first-order valence-electron chi connectivity index (χ1n) is 5.46. The number of hydrogen-bond acceptors (Lipinski definition) is 4. The molecule has 1 aromatic carbocycles. The van der Waals surface area contributed by atoms with Crippen LogP contribution in [0.4, 0.5) is 5.95 Å². The summed E-state index contributed by atoms with van der Waals surface area (Å²) >= 11 is 6.28. The molecule has 0 N–H and O–H groups in total. The molecule has 0 amide bonds. The van der Waals surface area contributed by atoms with E-state index in [-0.39, 0.29) is 0 Å². The summed E-state index contributed by atoms with van der Waals surface area (Å²) < 4.78 is 5.17. The number of halogens is 1. The molecule has 1 heterocycles. The van der Waals surface area contributed by atoms with Crippen LogP contribution in [0.3, 0.4) is 0 Å². The topological polar surface area (TPSA) is 42.2 Å². The molecule has 0 saturated heterocycles. The second kappa shape index (κ2) is 5.19. The number of benzene rings is 1. The van der Waals surface area contributed by atoms with Crippen LogP contribution >= 0.6 is 11.6 Å². The highest BCUT2D eigenvalue weighted by atomic mass is 35.5. The maximum atomic E-state index is 6.28. The molecule has 0 bridgehead atoms. The SMILES string of the molecule is CCN(C)c1noc(C(Cl)c2ccccc2)n1. The van der Waals surface area contributed by atoms with Crippen LogP contribution in [0.25, 0.3) is 0 Å². The van der Waals surface area contributed by atoms with Gasteiger partial charge in [0.25, 0.3) is 11.8 Å². The fourth-order valence-electron chi connectivity index (χ4n) is 1.39. The van der Waals surface area contributed by atoms with E-state index in [1.807, 2.05) is 49.2 Å². The van der Waals surface area contributed by atoms with Gasteiger partial charge in [0, 0.05) is 13.6 Å². The van der Waals surface area contributed by atoms with Crippen LogP contribution in [-0.4, -0.2) is 23.7 Å². The first-order valence-corrected chi connectivity index (χ1v) is 5.89. The maximum absolute atomic E-state index is 6.28. The highest BCUT2D eigenvalue weighted by molar-refractivity contribution is 6.22. The van der Waals surface area contributed by atoms with E-state index in [2.05, 4.69) is 10.1 Å². The van der Waals surface area contributed by atoms with Crippen molar-refractivity contribution in [3.63, 3.8) is 0 Å². The Morgan fingerprint density at radius 1 is 1.35 bits per heavy atom. The molecular weight excluding hydrogens is 238 g/mol. The molecule has 4 nitrogen and oxygen atoms in total. The van der Waals surface area contributed by atoms with Crippen molar-refractivity contribution in [3.05, 3.63) is 41.8 Å². The molecule has 1 aromatic heterocycles. The molecule has 1 atom stereocenters. The zero-order valence-corrected chi connectivity index (χ0v) is 10.6. The minimum absolute atomic E-state index is 0.400. The zero-order valence-electron chi connectivity index (χ0n) is 9.80. The Kier molecular flexibility index (Phi) is 3.64. The van der Waals surface area contributed by atoms with E-state index in [4.69, 9.17) is 16.1 Å². The average molecular weight is 252 g/mol. The second-order valence-corrected chi connectivity index (χ2v) is 4.16. The maximum Gasteiger partial charge on any atom is 0.265 e. The van der Waals surface area contributed by atoms with Crippen molar-refractivity contribution in [2.75, 3.05) is 18.5 Å². The predicted octanol–water partition coefficient (Wildman–Crippen LogP) is 2.85. The van der Waals surface area contributed by atoms with Gasteiger partial charge in [0.05, 0.1) is 0 Å². The molecule has 0 radical (unpaired) electrons. The van der Waals surface area contributed by atoms with Gasteiger partial charge < -0.3 is 9.42 Å². The number of nitrogens with zero attached hydrogens (tertiary/aromatic N) is 3. The largest absolute Gasteiger partial charge is 0.342 e. The Morgan fingerprint density at radius 2 is 2.06 bits per heavy atom. The lowest BCUT2D eigenvalue weighted by atomic mass is 10.1. The third kappa shape index (κ3) is 2.58. The smallest absolute Gasteiger partial charge is 0.265 e. The summed E-state index contributed by atoms with van der Waals surface area (Å²) in [6.45, 7) is 2.84. The minimum Gasteiger partial charge on any atom is -0.342 e. The summed E-state index contributed by atoms with van der Waals surface area (Å²) in [6, 6.07) is 9.67. The standard InChI is InChI=1S/C12H14ClN3O/c1-3-16(2)12-14-11(17-15-12)10(13)9-7-5-4-6-8-9/h4-8,10H,3H2,1-2H3. The van der Waals surface area contributed by atoms with Gasteiger partial charge in [-0.1, -0.05) is 30.3 Å². The van der Waals surface area contributed by atoms with Gasteiger partial charge in [0.2, 0.25) is 0 Å². The molecule has 0 aliphatic rings. The molecule has 5 heteroatoms. The molecule has 90 valence electrons. The molecule has 0 saturated carbocycles. The molecule has 2 aromatic rings. The van der Waals surface area contributed by atoms with Crippen LogP contribution in [-0.2, 0) is 0 Å². The summed E-state index contributed by atoms with van der Waals surface area (Å²) in [6.07, 6.45) is 0. The Morgan fingerprint density at radius 3 is 2.71 bits per heavy atom. The van der Waals surface area contributed by atoms with Gasteiger partial charge in [0.1, 0.15) is 5.38 Å². The molecule has 0 aliphatic heterocycles. The number of aromatic nitrogens is 2. The van der Waals surface area contributed by atoms with Gasteiger partial charge in [-0.05, 0) is 17.6 Å². The van der Waals surface area contributed by atoms with Crippen LogP contribution in [0.15, 0.2) is 34.9 Å². The summed E-state index contributed by atoms with van der Waals surface area (Å²) in [7, 11) is 1.90. The summed E-state index contributed by atoms with van der Waals surface area (Å²) in [5.74, 6) is 0.984. The Balaban J connectivity index is 2.20. The molecule has 0 fully saturated rings. The van der Waals surface area contributed by atoms with Crippen molar-refractivity contribution >= 4 is 17.5 Å².